The Balaban J connectivity index is 1.64. The highest BCUT2D eigenvalue weighted by molar-refractivity contribution is 5.99. The van der Waals surface area contributed by atoms with E-state index in [1.165, 1.54) is 0 Å². The molecule has 0 saturated carbocycles. The number of ketones is 1. The van der Waals surface area contributed by atoms with Crippen LogP contribution in [0.15, 0.2) is 67.0 Å². The number of hydrogen-bond acceptors (Lipinski definition) is 3. The third-order valence-electron chi connectivity index (χ3n) is 3.57. The van der Waals surface area contributed by atoms with Gasteiger partial charge in [0.25, 0.3) is 0 Å². The molecule has 0 aliphatic rings. The first-order valence-electron chi connectivity index (χ1n) is 7.43. The molecule has 126 valence electrons. The molecule has 0 aliphatic carbocycles. The minimum absolute atomic E-state index is 0.253. The molecular formula is C19H13F2NO3. The second-order valence-corrected chi connectivity index (χ2v) is 5.26. The van der Waals surface area contributed by atoms with Crippen molar-refractivity contribution in [3.05, 3.63) is 89.8 Å². The van der Waals surface area contributed by atoms with Gasteiger partial charge in [0.05, 0.1) is 11.1 Å². The molecule has 25 heavy (non-hydrogen) atoms. The summed E-state index contributed by atoms with van der Waals surface area (Å²) in [7, 11) is 0. The van der Waals surface area contributed by atoms with Crippen molar-refractivity contribution in [2.75, 3.05) is 6.61 Å². The molecule has 0 N–H and O–H groups in total. The van der Waals surface area contributed by atoms with Crippen molar-refractivity contribution >= 4 is 11.8 Å². The zero-order valence-electron chi connectivity index (χ0n) is 13.0. The number of rotatable bonds is 5. The average Bonchev–Trinajstić information content (AvgIpc) is 3.16. The van der Waals surface area contributed by atoms with Gasteiger partial charge in [0, 0.05) is 18.1 Å². The van der Waals surface area contributed by atoms with Crippen LogP contribution in [-0.2, 0) is 4.74 Å². The van der Waals surface area contributed by atoms with Crippen LogP contribution in [-0.4, -0.2) is 22.9 Å². The van der Waals surface area contributed by atoms with Gasteiger partial charge >= 0.3 is 5.97 Å². The summed E-state index contributed by atoms with van der Waals surface area (Å²) in [5, 5.41) is 0. The minimum Gasteiger partial charge on any atom is -0.454 e. The van der Waals surface area contributed by atoms with Gasteiger partial charge in [-0.05, 0) is 54.6 Å². The van der Waals surface area contributed by atoms with Crippen LogP contribution in [0.1, 0.15) is 20.7 Å². The van der Waals surface area contributed by atoms with E-state index < -0.39 is 35.6 Å². The number of ether oxygens (including phenoxy) is 1. The molecule has 1 aromatic heterocycles. The van der Waals surface area contributed by atoms with Crippen LogP contribution in [0.3, 0.4) is 0 Å². The second kappa shape index (κ2) is 7.09. The Morgan fingerprint density at radius 3 is 2.32 bits per heavy atom. The van der Waals surface area contributed by atoms with Crippen LogP contribution < -0.4 is 0 Å². The molecular weight excluding hydrogens is 328 g/mol. The lowest BCUT2D eigenvalue weighted by Gasteiger charge is -2.07. The molecule has 2 aromatic carbocycles. The number of Topliss-reactive ketones (excluding diaryl/α,β-unsaturated/α-hetero) is 1. The third kappa shape index (κ3) is 3.80. The number of nitrogens with zero attached hydrogens (tertiary/aromatic N) is 1. The number of carbonyl (C=O) groups is 2. The SMILES string of the molecule is O=C(OCC(=O)c1cc(F)ccc1F)c1ccc(-n2cccc2)cc1. The van der Waals surface area contributed by atoms with Gasteiger partial charge in [0.2, 0.25) is 5.78 Å². The number of halogens is 2. The lowest BCUT2D eigenvalue weighted by Crippen LogP contribution is -2.15. The molecule has 4 nitrogen and oxygen atoms in total. The number of benzene rings is 2. The summed E-state index contributed by atoms with van der Waals surface area (Å²) in [6, 6.07) is 12.9. The molecule has 6 heteroatoms. The lowest BCUT2D eigenvalue weighted by atomic mass is 10.1. The first kappa shape index (κ1) is 16.6. The topological polar surface area (TPSA) is 48.3 Å². The highest BCUT2D eigenvalue weighted by Gasteiger charge is 2.16. The van der Waals surface area contributed by atoms with E-state index in [0.717, 1.165) is 23.9 Å². The van der Waals surface area contributed by atoms with E-state index in [1.807, 2.05) is 29.1 Å². The lowest BCUT2D eigenvalue weighted by molar-refractivity contribution is 0.0473. The Labute approximate surface area is 142 Å². The molecule has 0 unspecified atom stereocenters. The normalized spacial score (nSPS) is 10.5. The quantitative estimate of drug-likeness (QED) is 0.524. The zero-order valence-corrected chi connectivity index (χ0v) is 13.0. The van der Waals surface area contributed by atoms with Gasteiger partial charge in [0.1, 0.15) is 11.6 Å². The van der Waals surface area contributed by atoms with Gasteiger partial charge in [-0.1, -0.05) is 0 Å². The summed E-state index contributed by atoms with van der Waals surface area (Å²) >= 11 is 0. The minimum atomic E-state index is -0.862. The monoisotopic (exact) mass is 341 g/mol. The van der Waals surface area contributed by atoms with Crippen molar-refractivity contribution in [1.82, 2.24) is 4.57 Å². The van der Waals surface area contributed by atoms with Gasteiger partial charge < -0.3 is 9.30 Å². The molecule has 0 atom stereocenters. The number of hydrogen-bond donors (Lipinski definition) is 0. The molecule has 0 saturated heterocycles. The largest absolute Gasteiger partial charge is 0.454 e. The van der Waals surface area contributed by atoms with E-state index in [0.29, 0.717) is 0 Å². The Kier molecular flexibility index (Phi) is 4.70. The molecule has 3 aromatic rings. The van der Waals surface area contributed by atoms with Crippen LogP contribution in [0.2, 0.25) is 0 Å². The standard InChI is InChI=1S/C19H13F2NO3/c20-14-5-8-17(21)16(11-14)18(23)12-25-19(24)13-3-6-15(7-4-13)22-9-1-2-10-22/h1-11H,12H2. The van der Waals surface area contributed by atoms with Crippen LogP contribution >= 0.6 is 0 Å². The van der Waals surface area contributed by atoms with Gasteiger partial charge in [-0.25, -0.2) is 13.6 Å². The predicted molar refractivity (Wildman–Crippen MR) is 86.7 cm³/mol. The second-order valence-electron chi connectivity index (χ2n) is 5.26. The van der Waals surface area contributed by atoms with Crippen LogP contribution in [0.25, 0.3) is 5.69 Å². The first-order valence-corrected chi connectivity index (χ1v) is 7.43. The molecule has 0 bridgehead atoms. The summed E-state index contributed by atoms with van der Waals surface area (Å²) in [6.45, 7) is -0.668. The Morgan fingerprint density at radius 1 is 0.960 bits per heavy atom. The third-order valence-corrected chi connectivity index (χ3v) is 3.57. The number of aromatic nitrogens is 1. The number of carbonyl (C=O) groups excluding carboxylic acids is 2. The fraction of sp³-hybridized carbons (Fsp3) is 0.0526. The van der Waals surface area contributed by atoms with Gasteiger partial charge in [0.15, 0.2) is 6.61 Å². The summed E-state index contributed by atoms with van der Waals surface area (Å²) in [4.78, 5) is 23.9. The Hall–Kier alpha value is -3.28. The van der Waals surface area contributed by atoms with E-state index in [9.17, 15) is 18.4 Å². The summed E-state index contributed by atoms with van der Waals surface area (Å²) in [6.07, 6.45) is 3.72. The highest BCUT2D eigenvalue weighted by Crippen LogP contribution is 2.13. The van der Waals surface area contributed by atoms with Crippen LogP contribution in [0.5, 0.6) is 0 Å². The van der Waals surface area contributed by atoms with E-state index >= 15 is 0 Å². The fourth-order valence-electron chi connectivity index (χ4n) is 2.28. The average molecular weight is 341 g/mol. The fourth-order valence-corrected chi connectivity index (χ4v) is 2.28. The molecule has 0 radical (unpaired) electrons. The maximum Gasteiger partial charge on any atom is 0.338 e. The van der Waals surface area contributed by atoms with Crippen molar-refractivity contribution in [2.24, 2.45) is 0 Å². The maximum absolute atomic E-state index is 13.5. The van der Waals surface area contributed by atoms with Crippen LogP contribution in [0, 0.1) is 11.6 Å². The molecule has 0 aliphatic heterocycles. The molecule has 3 rings (SSSR count). The van der Waals surface area contributed by atoms with Crippen molar-refractivity contribution < 1.29 is 23.1 Å². The summed E-state index contributed by atoms with van der Waals surface area (Å²) < 4.78 is 33.4. The van der Waals surface area contributed by atoms with Gasteiger partial charge in [-0.3, -0.25) is 4.79 Å². The number of esters is 1. The Morgan fingerprint density at radius 2 is 1.64 bits per heavy atom. The molecule has 0 amide bonds. The molecule has 0 spiro atoms. The molecule has 0 fully saturated rings. The van der Waals surface area contributed by atoms with Crippen molar-refractivity contribution in [3.8, 4) is 5.69 Å². The van der Waals surface area contributed by atoms with Crippen LogP contribution in [0.4, 0.5) is 8.78 Å². The van der Waals surface area contributed by atoms with Crippen molar-refractivity contribution in [3.63, 3.8) is 0 Å². The Bertz CT molecular complexity index is 903. The van der Waals surface area contributed by atoms with Gasteiger partial charge in [-0.15, -0.1) is 0 Å². The smallest absolute Gasteiger partial charge is 0.338 e. The van der Waals surface area contributed by atoms with Crippen molar-refractivity contribution in [2.45, 2.75) is 0 Å². The summed E-state index contributed by atoms with van der Waals surface area (Å²) in [5.41, 5.74) is 0.665. The van der Waals surface area contributed by atoms with E-state index in [2.05, 4.69) is 0 Å². The van der Waals surface area contributed by atoms with E-state index in [1.54, 1.807) is 24.3 Å². The van der Waals surface area contributed by atoms with Gasteiger partial charge in [-0.2, -0.15) is 0 Å². The maximum atomic E-state index is 13.5. The first-order chi connectivity index (χ1) is 12.0. The van der Waals surface area contributed by atoms with E-state index in [-0.39, 0.29) is 5.56 Å². The predicted octanol–water partition coefficient (Wildman–Crippen LogP) is 3.80. The van der Waals surface area contributed by atoms with Crippen molar-refractivity contribution in [1.29, 1.82) is 0 Å². The zero-order chi connectivity index (χ0) is 17.8. The van der Waals surface area contributed by atoms with E-state index in [4.69, 9.17) is 4.74 Å². The highest BCUT2D eigenvalue weighted by atomic mass is 19.1. The molecule has 1 heterocycles. The summed E-state index contributed by atoms with van der Waals surface area (Å²) in [5.74, 6) is -3.13.